The first kappa shape index (κ1) is 23.7. The number of fused-ring (bicyclic) bond motifs is 2. The first-order valence-electron chi connectivity index (χ1n) is 13.1. The van der Waals surface area contributed by atoms with Crippen LogP contribution in [0.2, 0.25) is 0 Å². The number of hydrogen-bond acceptors (Lipinski definition) is 6. The molecule has 1 N–H and O–H groups in total. The molecule has 1 amide bonds. The number of hydrogen-bond donors (Lipinski definition) is 1. The first-order chi connectivity index (χ1) is 19.0. The van der Waals surface area contributed by atoms with Gasteiger partial charge in [-0.05, 0) is 59.7 Å². The van der Waals surface area contributed by atoms with Crippen molar-refractivity contribution in [2.24, 2.45) is 12.0 Å². The van der Waals surface area contributed by atoms with E-state index in [1.807, 2.05) is 31.4 Å². The molecule has 3 aliphatic rings. The minimum absolute atomic E-state index is 0.0643. The fourth-order valence-electron chi connectivity index (χ4n) is 5.61. The molecule has 1 saturated carbocycles. The molecular formula is C30H26FN5O3. The van der Waals surface area contributed by atoms with Gasteiger partial charge in [-0.25, -0.2) is 14.4 Å². The van der Waals surface area contributed by atoms with Crippen molar-refractivity contribution in [1.82, 2.24) is 14.8 Å². The highest BCUT2D eigenvalue weighted by atomic mass is 19.1. The second-order valence-electron chi connectivity index (χ2n) is 10.2. The normalized spacial score (nSPS) is 16.4. The monoisotopic (exact) mass is 523 g/mol. The number of carbonyl (C=O) groups excluding carboxylic acids is 1. The van der Waals surface area contributed by atoms with E-state index in [4.69, 9.17) is 9.73 Å². The van der Waals surface area contributed by atoms with E-state index in [0.717, 1.165) is 46.4 Å². The van der Waals surface area contributed by atoms with Crippen LogP contribution in [0.15, 0.2) is 60.0 Å². The zero-order valence-electron chi connectivity index (χ0n) is 21.4. The fourth-order valence-corrected chi connectivity index (χ4v) is 5.61. The standard InChI is InChI=1S/C30H26FN5O3/c1-35-15-19(14-33-35)25-13-22-21(7-8-32-29(22)34-25)20-3-2-4-26(23(20)16-37)36-9-10-39-27-12-18(17-5-6-17)11-24(31)28(27)30(36)38/h2-4,7-8,11-12,14-15,17,37H,5-6,9-10,13,16H2,1H3. The van der Waals surface area contributed by atoms with E-state index in [9.17, 15) is 9.90 Å². The van der Waals surface area contributed by atoms with Gasteiger partial charge in [-0.3, -0.25) is 9.48 Å². The zero-order valence-corrected chi connectivity index (χ0v) is 21.4. The summed E-state index contributed by atoms with van der Waals surface area (Å²) >= 11 is 0. The highest BCUT2D eigenvalue weighted by molar-refractivity contribution is 6.10. The van der Waals surface area contributed by atoms with Gasteiger partial charge in [0.1, 0.15) is 23.7 Å². The Balaban J connectivity index is 1.28. The van der Waals surface area contributed by atoms with Gasteiger partial charge in [-0.15, -0.1) is 0 Å². The Morgan fingerprint density at radius 2 is 2.05 bits per heavy atom. The minimum atomic E-state index is -0.569. The van der Waals surface area contributed by atoms with Gasteiger partial charge in [0.15, 0.2) is 5.82 Å². The topological polar surface area (TPSA) is 92.8 Å². The van der Waals surface area contributed by atoms with Gasteiger partial charge in [0.25, 0.3) is 5.91 Å². The first-order valence-corrected chi connectivity index (χ1v) is 13.1. The number of aliphatic hydroxyl groups is 1. The van der Waals surface area contributed by atoms with Crippen molar-refractivity contribution in [3.63, 3.8) is 0 Å². The van der Waals surface area contributed by atoms with Crippen molar-refractivity contribution < 1.29 is 19.0 Å². The highest BCUT2D eigenvalue weighted by Crippen LogP contribution is 2.44. The molecule has 0 radical (unpaired) electrons. The third kappa shape index (κ3) is 4.01. The average Bonchev–Trinajstić information content (AvgIpc) is 3.59. The lowest BCUT2D eigenvalue weighted by atomic mass is 9.93. The lowest BCUT2D eigenvalue weighted by molar-refractivity contribution is 0.0985. The Bertz CT molecular complexity index is 1670. The molecule has 0 atom stereocenters. The van der Waals surface area contributed by atoms with Gasteiger partial charge in [0.05, 0.1) is 30.7 Å². The molecule has 0 bridgehead atoms. The number of aliphatic hydroxyl groups excluding tert-OH is 1. The number of halogens is 1. The van der Waals surface area contributed by atoms with Gasteiger partial charge in [-0.2, -0.15) is 5.10 Å². The van der Waals surface area contributed by atoms with Gasteiger partial charge >= 0.3 is 0 Å². The lowest BCUT2D eigenvalue weighted by Gasteiger charge is -2.25. The number of anilines is 1. The maximum Gasteiger partial charge on any atom is 0.265 e. The van der Waals surface area contributed by atoms with Crippen LogP contribution in [0.5, 0.6) is 5.75 Å². The van der Waals surface area contributed by atoms with Gasteiger partial charge in [-0.1, -0.05) is 12.1 Å². The molecule has 0 unspecified atom stereocenters. The maximum atomic E-state index is 15.3. The molecule has 2 aliphatic heterocycles. The summed E-state index contributed by atoms with van der Waals surface area (Å²) in [6.07, 6.45) is 8.02. The van der Waals surface area contributed by atoms with Crippen LogP contribution in [-0.2, 0) is 20.1 Å². The summed E-state index contributed by atoms with van der Waals surface area (Å²) in [5.41, 5.74) is 6.32. The van der Waals surface area contributed by atoms with Crippen molar-refractivity contribution in [2.75, 3.05) is 18.1 Å². The van der Waals surface area contributed by atoms with Crippen molar-refractivity contribution in [3.05, 3.63) is 88.6 Å². The molecule has 2 aromatic carbocycles. The van der Waals surface area contributed by atoms with Crippen LogP contribution >= 0.6 is 0 Å². The number of amides is 1. The van der Waals surface area contributed by atoms with Crippen LogP contribution in [0, 0.1) is 5.82 Å². The molecule has 8 nitrogen and oxygen atoms in total. The molecule has 0 saturated heterocycles. The Hall–Kier alpha value is -4.37. The second kappa shape index (κ2) is 9.13. The van der Waals surface area contributed by atoms with E-state index in [-0.39, 0.29) is 31.1 Å². The molecule has 4 aromatic rings. The smallest absolute Gasteiger partial charge is 0.265 e. The predicted molar refractivity (Wildman–Crippen MR) is 144 cm³/mol. The van der Waals surface area contributed by atoms with Gasteiger partial charge in [0, 0.05) is 42.6 Å². The maximum absolute atomic E-state index is 15.3. The molecular weight excluding hydrogens is 497 g/mol. The molecule has 9 heteroatoms. The summed E-state index contributed by atoms with van der Waals surface area (Å²) in [6, 6.07) is 10.7. The molecule has 7 rings (SSSR count). The zero-order chi connectivity index (χ0) is 26.7. The summed E-state index contributed by atoms with van der Waals surface area (Å²) in [5, 5.41) is 14.8. The number of pyridine rings is 1. The summed E-state index contributed by atoms with van der Waals surface area (Å²) in [5.74, 6) is 0.210. The molecule has 1 aliphatic carbocycles. The minimum Gasteiger partial charge on any atom is -0.491 e. The SMILES string of the molecule is Cn1cc(C2=Nc3nccc(-c4cccc(N5CCOc6cc(C7CC7)cc(F)c6C5=O)c4CO)c3C2)cn1. The predicted octanol–water partition coefficient (Wildman–Crippen LogP) is 4.71. The van der Waals surface area contributed by atoms with Crippen molar-refractivity contribution in [2.45, 2.75) is 31.8 Å². The summed E-state index contributed by atoms with van der Waals surface area (Å²) in [7, 11) is 1.86. The quantitative estimate of drug-likeness (QED) is 0.409. The number of aromatic nitrogens is 3. The van der Waals surface area contributed by atoms with Crippen LogP contribution < -0.4 is 9.64 Å². The van der Waals surface area contributed by atoms with E-state index < -0.39 is 11.7 Å². The Kier molecular flexibility index (Phi) is 5.55. The van der Waals surface area contributed by atoms with Crippen molar-refractivity contribution >= 4 is 23.1 Å². The Morgan fingerprint density at radius 3 is 2.82 bits per heavy atom. The van der Waals surface area contributed by atoms with Crippen molar-refractivity contribution in [1.29, 1.82) is 0 Å². The highest BCUT2D eigenvalue weighted by Gasteiger charge is 2.33. The van der Waals surface area contributed by atoms with Crippen LogP contribution in [-0.4, -0.2) is 44.6 Å². The van der Waals surface area contributed by atoms with Gasteiger partial charge < -0.3 is 14.7 Å². The summed E-state index contributed by atoms with van der Waals surface area (Å²) < 4.78 is 22.9. The van der Waals surface area contributed by atoms with E-state index >= 15 is 4.39 Å². The van der Waals surface area contributed by atoms with Crippen LogP contribution in [0.25, 0.3) is 11.1 Å². The Morgan fingerprint density at radius 1 is 1.18 bits per heavy atom. The van der Waals surface area contributed by atoms with Gasteiger partial charge in [0.2, 0.25) is 0 Å². The fraction of sp³-hybridized carbons (Fsp3) is 0.267. The van der Waals surface area contributed by atoms with E-state index in [2.05, 4.69) is 10.1 Å². The lowest BCUT2D eigenvalue weighted by Crippen LogP contribution is -2.33. The van der Waals surface area contributed by atoms with E-state index in [1.54, 1.807) is 29.2 Å². The molecule has 0 spiro atoms. The number of aryl methyl sites for hydroxylation is 1. The van der Waals surface area contributed by atoms with E-state index in [0.29, 0.717) is 29.4 Å². The van der Waals surface area contributed by atoms with Crippen LogP contribution in [0.3, 0.4) is 0 Å². The number of aliphatic imine (C=N–C) groups is 1. The second-order valence-corrected chi connectivity index (χ2v) is 10.2. The number of rotatable bonds is 5. The number of nitrogens with zero attached hydrogens (tertiary/aromatic N) is 5. The third-order valence-corrected chi connectivity index (χ3v) is 7.70. The van der Waals surface area contributed by atoms with Crippen molar-refractivity contribution in [3.8, 4) is 16.9 Å². The molecule has 1 fully saturated rings. The molecule has 2 aromatic heterocycles. The molecule has 196 valence electrons. The molecule has 4 heterocycles. The van der Waals surface area contributed by atoms with Crippen LogP contribution in [0.1, 0.15) is 51.4 Å². The molecule has 39 heavy (non-hydrogen) atoms. The number of carbonyl (C=O) groups is 1. The largest absolute Gasteiger partial charge is 0.491 e. The number of ether oxygens (including phenoxy) is 1. The number of benzene rings is 2. The summed E-state index contributed by atoms with van der Waals surface area (Å²) in [4.78, 5) is 24.5. The van der Waals surface area contributed by atoms with E-state index in [1.165, 1.54) is 11.0 Å². The average molecular weight is 524 g/mol. The summed E-state index contributed by atoms with van der Waals surface area (Å²) in [6.45, 7) is 0.138. The van der Waals surface area contributed by atoms with Crippen LogP contribution in [0.4, 0.5) is 15.9 Å². The Labute approximate surface area is 224 Å². The third-order valence-electron chi connectivity index (χ3n) is 7.70.